The lowest BCUT2D eigenvalue weighted by Gasteiger charge is -2.14. The van der Waals surface area contributed by atoms with Crippen molar-refractivity contribution in [3.63, 3.8) is 0 Å². The van der Waals surface area contributed by atoms with E-state index in [0.29, 0.717) is 26.4 Å². The van der Waals surface area contributed by atoms with Crippen LogP contribution in [0.2, 0.25) is 0 Å². The van der Waals surface area contributed by atoms with Crippen LogP contribution < -0.4 is 5.32 Å². The molecule has 1 atom stereocenters. The van der Waals surface area contributed by atoms with E-state index in [1.165, 1.54) is 12.1 Å². The summed E-state index contributed by atoms with van der Waals surface area (Å²) in [4.78, 5) is 0. The van der Waals surface area contributed by atoms with E-state index in [2.05, 4.69) is 5.32 Å². The number of rotatable bonds is 9. The van der Waals surface area contributed by atoms with Crippen molar-refractivity contribution in [1.29, 1.82) is 0 Å². The Morgan fingerprint density at radius 1 is 1.24 bits per heavy atom. The fourth-order valence-electron chi connectivity index (χ4n) is 1.67. The molecule has 21 heavy (non-hydrogen) atoms. The Morgan fingerprint density at radius 3 is 2.67 bits per heavy atom. The lowest BCUT2D eigenvalue weighted by molar-refractivity contribution is -0.137. The highest BCUT2D eigenvalue weighted by Gasteiger charge is 2.30. The Balaban J connectivity index is 2.34. The summed E-state index contributed by atoms with van der Waals surface area (Å²) in [5, 5.41) is 12.8. The quantitative estimate of drug-likeness (QED) is 0.685. The van der Waals surface area contributed by atoms with Gasteiger partial charge in [-0.25, -0.2) is 0 Å². The first kappa shape index (κ1) is 17.9. The van der Waals surface area contributed by atoms with E-state index >= 15 is 0 Å². The van der Waals surface area contributed by atoms with Gasteiger partial charge >= 0.3 is 6.18 Å². The number of alkyl halides is 3. The molecule has 0 aliphatic rings. The van der Waals surface area contributed by atoms with Crippen LogP contribution in [0.1, 0.15) is 17.2 Å². The molecule has 120 valence electrons. The van der Waals surface area contributed by atoms with Crippen molar-refractivity contribution in [1.82, 2.24) is 5.32 Å². The van der Waals surface area contributed by atoms with Crippen LogP contribution >= 0.6 is 0 Å². The molecule has 0 saturated heterocycles. The molecule has 0 saturated carbocycles. The van der Waals surface area contributed by atoms with E-state index in [9.17, 15) is 18.3 Å². The van der Waals surface area contributed by atoms with Crippen molar-refractivity contribution in [3.8, 4) is 0 Å². The molecule has 0 bridgehead atoms. The zero-order valence-corrected chi connectivity index (χ0v) is 11.8. The van der Waals surface area contributed by atoms with Gasteiger partial charge in [0, 0.05) is 20.2 Å². The second-order valence-electron chi connectivity index (χ2n) is 4.45. The summed E-state index contributed by atoms with van der Waals surface area (Å²) in [6, 6.07) is 4.70. The Bertz CT molecular complexity index is 413. The Labute approximate surface area is 121 Å². The van der Waals surface area contributed by atoms with Crippen LogP contribution in [-0.4, -0.2) is 45.1 Å². The second kappa shape index (κ2) is 8.99. The number of ether oxygens (including phenoxy) is 2. The minimum absolute atomic E-state index is 0.162. The number of hydrogen-bond donors (Lipinski definition) is 2. The van der Waals surface area contributed by atoms with Crippen molar-refractivity contribution in [3.05, 3.63) is 35.4 Å². The first-order chi connectivity index (χ1) is 9.95. The number of nitrogens with one attached hydrogen (secondary N) is 1. The van der Waals surface area contributed by atoms with Gasteiger partial charge in [-0.3, -0.25) is 0 Å². The lowest BCUT2D eigenvalue weighted by Crippen LogP contribution is -2.26. The van der Waals surface area contributed by atoms with Gasteiger partial charge in [0.25, 0.3) is 0 Å². The molecule has 0 radical (unpaired) electrons. The van der Waals surface area contributed by atoms with E-state index in [1.54, 1.807) is 7.11 Å². The van der Waals surface area contributed by atoms with Gasteiger partial charge in [0.15, 0.2) is 0 Å². The Kier molecular flexibility index (Phi) is 7.66. The third kappa shape index (κ3) is 6.90. The van der Waals surface area contributed by atoms with Crippen LogP contribution in [0.25, 0.3) is 0 Å². The summed E-state index contributed by atoms with van der Waals surface area (Å²) in [6.45, 7) is 2.09. The summed E-state index contributed by atoms with van der Waals surface area (Å²) in [6.07, 6.45) is -5.40. The molecule has 1 aromatic carbocycles. The summed E-state index contributed by atoms with van der Waals surface area (Å²) < 4.78 is 47.7. The molecule has 0 heterocycles. The maximum absolute atomic E-state index is 12.6. The first-order valence-electron chi connectivity index (χ1n) is 6.57. The zero-order valence-electron chi connectivity index (χ0n) is 11.8. The van der Waals surface area contributed by atoms with Crippen LogP contribution in [0.5, 0.6) is 0 Å². The average Bonchev–Trinajstić information content (AvgIpc) is 2.45. The number of aliphatic hydroxyl groups excluding tert-OH is 1. The Morgan fingerprint density at radius 2 is 2.00 bits per heavy atom. The monoisotopic (exact) mass is 307 g/mol. The maximum Gasteiger partial charge on any atom is 0.416 e. The summed E-state index contributed by atoms with van der Waals surface area (Å²) in [5.41, 5.74) is -0.528. The highest BCUT2D eigenvalue weighted by Crippen LogP contribution is 2.30. The van der Waals surface area contributed by atoms with Crippen molar-refractivity contribution < 1.29 is 27.8 Å². The molecule has 0 amide bonds. The molecule has 7 heteroatoms. The van der Waals surface area contributed by atoms with Gasteiger partial charge in [-0.1, -0.05) is 12.1 Å². The zero-order chi connectivity index (χ0) is 15.7. The average molecular weight is 307 g/mol. The largest absolute Gasteiger partial charge is 0.416 e. The van der Waals surface area contributed by atoms with Crippen LogP contribution in [0.3, 0.4) is 0 Å². The smallest absolute Gasteiger partial charge is 0.387 e. The molecule has 0 aliphatic heterocycles. The molecule has 0 fully saturated rings. The molecule has 0 aromatic heterocycles. The fourth-order valence-corrected chi connectivity index (χ4v) is 1.67. The van der Waals surface area contributed by atoms with Crippen LogP contribution in [0.4, 0.5) is 13.2 Å². The van der Waals surface area contributed by atoms with Crippen molar-refractivity contribution in [2.24, 2.45) is 0 Å². The highest BCUT2D eigenvalue weighted by molar-refractivity contribution is 5.27. The number of aliphatic hydroxyl groups is 1. The molecule has 0 aliphatic carbocycles. The lowest BCUT2D eigenvalue weighted by atomic mass is 10.1. The van der Waals surface area contributed by atoms with Gasteiger partial charge in [0.2, 0.25) is 0 Å². The standard InChI is InChI=1S/C14H20F3NO3/c1-20-7-8-21-6-5-18-10-13(19)11-3-2-4-12(9-11)14(15,16)17/h2-4,9,13,18-19H,5-8,10H2,1H3. The minimum atomic E-state index is -4.40. The van der Waals surface area contributed by atoms with Gasteiger partial charge in [-0.15, -0.1) is 0 Å². The molecule has 1 rings (SSSR count). The first-order valence-corrected chi connectivity index (χ1v) is 6.57. The van der Waals surface area contributed by atoms with Gasteiger partial charge in [0.05, 0.1) is 31.5 Å². The Hall–Kier alpha value is -1.15. The van der Waals surface area contributed by atoms with Gasteiger partial charge < -0.3 is 19.9 Å². The summed E-state index contributed by atoms with van der Waals surface area (Å²) in [7, 11) is 1.58. The third-order valence-electron chi connectivity index (χ3n) is 2.79. The van der Waals surface area contributed by atoms with Crippen molar-refractivity contribution >= 4 is 0 Å². The molecule has 1 unspecified atom stereocenters. The minimum Gasteiger partial charge on any atom is -0.387 e. The van der Waals surface area contributed by atoms with Crippen molar-refractivity contribution in [2.75, 3.05) is 40.0 Å². The van der Waals surface area contributed by atoms with E-state index in [-0.39, 0.29) is 12.1 Å². The van der Waals surface area contributed by atoms with Crippen LogP contribution in [-0.2, 0) is 15.7 Å². The molecular weight excluding hydrogens is 287 g/mol. The number of hydrogen-bond acceptors (Lipinski definition) is 4. The van der Waals surface area contributed by atoms with Gasteiger partial charge in [0.1, 0.15) is 0 Å². The predicted octanol–water partition coefficient (Wildman–Crippen LogP) is 1.99. The van der Waals surface area contributed by atoms with Gasteiger partial charge in [-0.2, -0.15) is 13.2 Å². The summed E-state index contributed by atoms with van der Waals surface area (Å²) >= 11 is 0. The van der Waals surface area contributed by atoms with Crippen LogP contribution in [0.15, 0.2) is 24.3 Å². The molecule has 1 aromatic rings. The fraction of sp³-hybridized carbons (Fsp3) is 0.571. The van der Waals surface area contributed by atoms with Crippen LogP contribution in [0, 0.1) is 0 Å². The second-order valence-corrected chi connectivity index (χ2v) is 4.45. The van der Waals surface area contributed by atoms with E-state index < -0.39 is 17.8 Å². The third-order valence-corrected chi connectivity index (χ3v) is 2.79. The number of methoxy groups -OCH3 is 1. The van der Waals surface area contributed by atoms with E-state index in [0.717, 1.165) is 12.1 Å². The maximum atomic E-state index is 12.6. The topological polar surface area (TPSA) is 50.7 Å². The SMILES string of the molecule is COCCOCCNCC(O)c1cccc(C(F)(F)F)c1. The normalized spacial score (nSPS) is 13.4. The predicted molar refractivity (Wildman–Crippen MR) is 72.0 cm³/mol. The molecule has 2 N–H and O–H groups in total. The number of benzene rings is 1. The van der Waals surface area contributed by atoms with E-state index in [4.69, 9.17) is 9.47 Å². The van der Waals surface area contributed by atoms with E-state index in [1.807, 2.05) is 0 Å². The summed E-state index contributed by atoms with van der Waals surface area (Å²) in [5.74, 6) is 0. The highest BCUT2D eigenvalue weighted by atomic mass is 19.4. The van der Waals surface area contributed by atoms with Crippen molar-refractivity contribution in [2.45, 2.75) is 12.3 Å². The molecule has 0 spiro atoms. The van der Waals surface area contributed by atoms with Gasteiger partial charge in [-0.05, 0) is 17.7 Å². The molecular formula is C14H20F3NO3. The molecule has 4 nitrogen and oxygen atoms in total. The number of halogens is 3.